The van der Waals surface area contributed by atoms with Crippen molar-refractivity contribution in [1.29, 1.82) is 0 Å². The van der Waals surface area contributed by atoms with E-state index in [1.54, 1.807) is 22.7 Å². The molecule has 0 radical (unpaired) electrons. The smallest absolute Gasteiger partial charge is 0.195 e. The van der Waals surface area contributed by atoms with E-state index in [1.165, 1.54) is 20.5 Å². The summed E-state index contributed by atoms with van der Waals surface area (Å²) in [6, 6.07) is 122. The van der Waals surface area contributed by atoms with E-state index in [0.29, 0.717) is 23.3 Å². The zero-order valence-corrected chi connectivity index (χ0v) is 57.4. The molecule has 0 bridgehead atoms. The van der Waals surface area contributed by atoms with Gasteiger partial charge >= 0.3 is 0 Å². The molecule has 0 aliphatic carbocycles. The van der Waals surface area contributed by atoms with Crippen molar-refractivity contribution in [2.24, 2.45) is 0 Å². The van der Waals surface area contributed by atoms with Crippen molar-refractivity contribution < 1.29 is 0 Å². The van der Waals surface area contributed by atoms with E-state index in [4.69, 9.17) is 34.9 Å². The fourth-order valence-electron chi connectivity index (χ4n) is 14.5. The predicted octanol–water partition coefficient (Wildman–Crippen LogP) is 24.4. The van der Waals surface area contributed by atoms with Crippen LogP contribution in [0.2, 0.25) is 0 Å². The summed E-state index contributed by atoms with van der Waals surface area (Å²) in [5.74, 6) is 2.48. The average molecular weight is 1360 g/mol. The van der Waals surface area contributed by atoms with Crippen LogP contribution in [0.15, 0.2) is 346 Å². The van der Waals surface area contributed by atoms with E-state index < -0.39 is 0 Å². The number of benzene rings is 14. The Morgan fingerprint density at radius 1 is 0.183 bits per heavy atom. The van der Waals surface area contributed by atoms with Crippen molar-refractivity contribution in [2.75, 3.05) is 0 Å². The highest BCUT2D eigenvalue weighted by Crippen LogP contribution is 2.44. The zero-order valence-electron chi connectivity index (χ0n) is 55.8. The minimum Gasteiger partial charge on any atom is -0.283 e. The van der Waals surface area contributed by atoms with Gasteiger partial charge in [-0.3, -0.25) is 8.80 Å². The maximum absolute atomic E-state index is 5.24. The quantitative estimate of drug-likeness (QED) is 0.113. The van der Waals surface area contributed by atoms with Gasteiger partial charge in [0.25, 0.3) is 0 Å². The van der Waals surface area contributed by atoms with Crippen LogP contribution in [0.4, 0.5) is 0 Å². The second-order valence-electron chi connectivity index (χ2n) is 26.1. The number of thiazole rings is 2. The highest BCUT2D eigenvalue weighted by Gasteiger charge is 2.22. The second kappa shape index (κ2) is 25.3. The van der Waals surface area contributed by atoms with Crippen molar-refractivity contribution >= 4 is 75.1 Å². The fourth-order valence-corrected chi connectivity index (χ4v) is 16.5. The molecule has 0 saturated carbocycles. The molecule has 6 heterocycles. The Labute approximate surface area is 606 Å². The van der Waals surface area contributed by atoms with Gasteiger partial charge in [0.15, 0.2) is 33.2 Å². The van der Waals surface area contributed by atoms with Gasteiger partial charge in [-0.25, -0.2) is 34.9 Å². The third-order valence-corrected chi connectivity index (χ3v) is 21.8. The molecule has 0 saturated heterocycles. The Balaban J connectivity index is 0.663. The van der Waals surface area contributed by atoms with Gasteiger partial charge in [0, 0.05) is 33.4 Å². The Kier molecular flexibility index (Phi) is 14.7. The molecule has 14 aromatic carbocycles. The number of imidazole rings is 2. The Morgan fingerprint density at radius 3 is 0.971 bits per heavy atom. The molecular weight excluding hydrogens is 1310 g/mol. The van der Waals surface area contributed by atoms with Gasteiger partial charge in [-0.15, -0.1) is 0 Å². The van der Waals surface area contributed by atoms with Gasteiger partial charge in [0.2, 0.25) is 0 Å². The largest absolute Gasteiger partial charge is 0.283 e. The zero-order chi connectivity index (χ0) is 68.6. The van der Waals surface area contributed by atoms with Crippen molar-refractivity contribution in [3.63, 3.8) is 0 Å². The molecule has 0 spiro atoms. The molecule has 9 nitrogen and oxygen atoms in total. The minimum atomic E-state index is 0.591. The molecule has 6 aromatic heterocycles. The van der Waals surface area contributed by atoms with Crippen molar-refractivity contribution in [1.82, 2.24) is 43.7 Å². The minimum absolute atomic E-state index is 0.591. The Hall–Kier alpha value is -13.5. The Bertz CT molecular complexity index is 6580. The molecule has 486 valence electrons. The number of aromatic nitrogens is 9. The number of hydrogen-bond acceptors (Lipinski definition) is 9. The van der Waals surface area contributed by atoms with Gasteiger partial charge in [-0.1, -0.05) is 296 Å². The molecule has 0 unspecified atom stereocenters. The van der Waals surface area contributed by atoms with Gasteiger partial charge in [0.05, 0.1) is 53.9 Å². The SMILES string of the molecule is c1ccc(-c2ccc3sc4nc5ccc(-c6ccc(-c7nc(-c8ccccc8)nc(-c8ccccc8)n7)cc6-c6ccc(-c7cccc(-c8ccc9sc%10nc%11ccc(-c%12ccc(-c%13nc(-c%14ccccc%14)cc(-c%14ccccc%14)n%13)cc%12-c%12ccccc%12)cc%11n%10c9c8)c7)cc6)cc5n4c3c2)cc1. The van der Waals surface area contributed by atoms with E-state index in [-0.39, 0.29) is 0 Å². The molecule has 0 atom stereocenters. The van der Waals surface area contributed by atoms with Gasteiger partial charge in [0.1, 0.15) is 0 Å². The van der Waals surface area contributed by atoms with E-state index in [1.807, 2.05) is 72.8 Å². The van der Waals surface area contributed by atoms with E-state index >= 15 is 0 Å². The molecule has 0 aliphatic rings. The number of nitrogens with zero attached hydrogens (tertiary/aromatic N) is 9. The van der Waals surface area contributed by atoms with Crippen molar-refractivity contribution in [3.05, 3.63) is 346 Å². The lowest BCUT2D eigenvalue weighted by molar-refractivity contribution is 1.07. The first-order valence-corrected chi connectivity index (χ1v) is 36.3. The van der Waals surface area contributed by atoms with E-state index in [9.17, 15) is 0 Å². The molecule has 104 heavy (non-hydrogen) atoms. The number of rotatable bonds is 13. The normalized spacial score (nSPS) is 11.7. The topological polar surface area (TPSA) is 99.0 Å². The van der Waals surface area contributed by atoms with Crippen LogP contribution in [0.25, 0.3) is 198 Å². The van der Waals surface area contributed by atoms with Crippen LogP contribution >= 0.6 is 22.7 Å². The predicted molar refractivity (Wildman–Crippen MR) is 429 cm³/mol. The van der Waals surface area contributed by atoms with Crippen LogP contribution in [-0.2, 0) is 0 Å². The lowest BCUT2D eigenvalue weighted by Gasteiger charge is -2.15. The second-order valence-corrected chi connectivity index (χ2v) is 28.1. The molecule has 20 rings (SSSR count). The maximum atomic E-state index is 5.24. The van der Waals surface area contributed by atoms with Crippen LogP contribution in [0.3, 0.4) is 0 Å². The van der Waals surface area contributed by atoms with Crippen LogP contribution in [-0.4, -0.2) is 43.7 Å². The lowest BCUT2D eigenvalue weighted by Crippen LogP contribution is -2.00. The summed E-state index contributed by atoms with van der Waals surface area (Å²) in [7, 11) is 0. The van der Waals surface area contributed by atoms with Crippen molar-refractivity contribution in [3.8, 4) is 146 Å². The highest BCUT2D eigenvalue weighted by atomic mass is 32.1. The summed E-state index contributed by atoms with van der Waals surface area (Å²) >= 11 is 3.43. The summed E-state index contributed by atoms with van der Waals surface area (Å²) in [5.41, 5.74) is 29.2. The average Bonchev–Trinajstić information content (AvgIpc) is 1.58. The van der Waals surface area contributed by atoms with Gasteiger partial charge < -0.3 is 0 Å². The molecular formula is C93H57N9S2. The summed E-state index contributed by atoms with van der Waals surface area (Å²) < 4.78 is 7.02. The number of fused-ring (bicyclic) bond motifs is 10. The summed E-state index contributed by atoms with van der Waals surface area (Å²) in [5, 5.41) is 0. The Morgan fingerprint density at radius 2 is 0.500 bits per heavy atom. The van der Waals surface area contributed by atoms with Crippen LogP contribution in [0, 0.1) is 0 Å². The monoisotopic (exact) mass is 1360 g/mol. The van der Waals surface area contributed by atoms with Crippen LogP contribution < -0.4 is 0 Å². The molecule has 0 amide bonds. The van der Waals surface area contributed by atoms with Gasteiger partial charge in [-0.05, 0) is 151 Å². The van der Waals surface area contributed by atoms with Crippen LogP contribution in [0.1, 0.15) is 0 Å². The molecule has 0 aliphatic heterocycles. The molecule has 0 fully saturated rings. The summed E-state index contributed by atoms with van der Waals surface area (Å²) in [6.07, 6.45) is 0. The van der Waals surface area contributed by atoms with Crippen molar-refractivity contribution in [2.45, 2.75) is 0 Å². The van der Waals surface area contributed by atoms with Gasteiger partial charge in [-0.2, -0.15) is 0 Å². The molecule has 0 N–H and O–H groups in total. The first-order chi connectivity index (χ1) is 51.5. The summed E-state index contributed by atoms with van der Waals surface area (Å²) in [6.45, 7) is 0. The maximum Gasteiger partial charge on any atom is 0.195 e. The first-order valence-electron chi connectivity index (χ1n) is 34.7. The fraction of sp³-hybridized carbons (Fsp3) is 0. The third-order valence-electron chi connectivity index (χ3n) is 19.7. The van der Waals surface area contributed by atoms with E-state index in [2.05, 4.69) is 282 Å². The molecule has 11 heteroatoms. The summed E-state index contributed by atoms with van der Waals surface area (Å²) in [4.78, 5) is 38.2. The lowest BCUT2D eigenvalue weighted by atomic mass is 9.91. The first kappa shape index (κ1) is 60.5. The standard InChI is InChI=1S/C93H57N9S2/c1-7-20-58(21-8-1)68-42-48-86-84(53-68)101-82-56-71(41-47-78(82)96-92(101)103-86)75-45-39-73(91-99-88(64-28-15-5-16-29-64)98-89(100-91)65-30-17-6-18-31-65)52-77(75)61-36-34-59(35-37-61)66-32-19-33-67(50-66)69-43-49-87-85(54-69)102-83-55-70(40-46-79(83)97-93(102)104-87)74-44-38-72(51-76(74)60-22-9-2-10-23-60)90-94-80(62-24-11-3-12-25-62)57-81(95-90)63-26-13-4-14-27-63/h1-57H. The highest BCUT2D eigenvalue weighted by molar-refractivity contribution is 7.24. The molecule has 20 aromatic rings. The number of hydrogen-bond donors (Lipinski definition) is 0. The third kappa shape index (κ3) is 11.0. The van der Waals surface area contributed by atoms with Crippen LogP contribution in [0.5, 0.6) is 0 Å². The van der Waals surface area contributed by atoms with E-state index in [0.717, 1.165) is 155 Å².